The fourth-order valence-electron chi connectivity index (χ4n) is 2.17. The molecule has 92 valence electrons. The van der Waals surface area contributed by atoms with Gasteiger partial charge >= 0.3 is 0 Å². The molecule has 0 aliphatic rings. The van der Waals surface area contributed by atoms with Crippen molar-refractivity contribution in [2.24, 2.45) is 0 Å². The standard InChI is InChI=1S/C13H25N3/c1-5-8-14-12(6-2)11(4)16-10-9-15-13(16)7-3/h9-12,14H,5-8H2,1-4H3. The summed E-state index contributed by atoms with van der Waals surface area (Å²) in [6.45, 7) is 9.98. The SMILES string of the molecule is CCCNC(CC)C(C)n1ccnc1CC. The molecule has 0 aliphatic carbocycles. The first-order chi connectivity index (χ1) is 7.74. The van der Waals surface area contributed by atoms with Gasteiger partial charge in [-0.15, -0.1) is 0 Å². The summed E-state index contributed by atoms with van der Waals surface area (Å²) in [6.07, 6.45) is 7.35. The molecule has 0 bridgehead atoms. The van der Waals surface area contributed by atoms with Crippen molar-refractivity contribution in [3.05, 3.63) is 18.2 Å². The molecule has 0 fully saturated rings. The van der Waals surface area contributed by atoms with Gasteiger partial charge in [-0.2, -0.15) is 0 Å². The van der Waals surface area contributed by atoms with Crippen molar-refractivity contribution in [2.75, 3.05) is 6.54 Å². The molecule has 1 N–H and O–H groups in total. The Labute approximate surface area is 99.3 Å². The highest BCUT2D eigenvalue weighted by Crippen LogP contribution is 2.16. The number of hydrogen-bond acceptors (Lipinski definition) is 2. The van der Waals surface area contributed by atoms with Gasteiger partial charge < -0.3 is 9.88 Å². The third-order valence-corrected chi connectivity index (χ3v) is 3.18. The Morgan fingerprint density at radius 2 is 2.12 bits per heavy atom. The molecule has 16 heavy (non-hydrogen) atoms. The second-order valence-electron chi connectivity index (χ2n) is 4.31. The second-order valence-corrected chi connectivity index (χ2v) is 4.31. The minimum absolute atomic E-state index is 0.481. The van der Waals surface area contributed by atoms with Crippen molar-refractivity contribution in [1.29, 1.82) is 0 Å². The predicted molar refractivity (Wildman–Crippen MR) is 68.7 cm³/mol. The van der Waals surface area contributed by atoms with Gasteiger partial charge in [0.2, 0.25) is 0 Å². The molecule has 0 spiro atoms. The van der Waals surface area contributed by atoms with Crippen LogP contribution in [0.1, 0.15) is 52.4 Å². The zero-order valence-electron chi connectivity index (χ0n) is 11.0. The molecule has 2 atom stereocenters. The van der Waals surface area contributed by atoms with Gasteiger partial charge in [0.25, 0.3) is 0 Å². The Morgan fingerprint density at radius 3 is 2.69 bits per heavy atom. The van der Waals surface area contributed by atoms with E-state index in [9.17, 15) is 0 Å². The van der Waals surface area contributed by atoms with E-state index in [1.54, 1.807) is 0 Å². The van der Waals surface area contributed by atoms with Crippen molar-refractivity contribution in [2.45, 2.75) is 59.0 Å². The number of aryl methyl sites for hydroxylation is 1. The molecule has 0 saturated carbocycles. The van der Waals surface area contributed by atoms with Gasteiger partial charge in [0, 0.05) is 30.9 Å². The number of hydrogen-bond donors (Lipinski definition) is 1. The van der Waals surface area contributed by atoms with Crippen LogP contribution in [-0.4, -0.2) is 22.1 Å². The highest BCUT2D eigenvalue weighted by Gasteiger charge is 2.17. The summed E-state index contributed by atoms with van der Waals surface area (Å²) in [5, 5.41) is 3.61. The van der Waals surface area contributed by atoms with Crippen molar-refractivity contribution in [3.63, 3.8) is 0 Å². The average molecular weight is 223 g/mol. The highest BCUT2D eigenvalue weighted by molar-refractivity contribution is 4.96. The van der Waals surface area contributed by atoms with Crippen LogP contribution in [0.3, 0.4) is 0 Å². The monoisotopic (exact) mass is 223 g/mol. The van der Waals surface area contributed by atoms with Gasteiger partial charge in [-0.05, 0) is 26.3 Å². The molecule has 0 radical (unpaired) electrons. The normalized spacial score (nSPS) is 15.0. The lowest BCUT2D eigenvalue weighted by Crippen LogP contribution is -2.36. The van der Waals surface area contributed by atoms with Crippen LogP contribution in [0, 0.1) is 0 Å². The molecular weight excluding hydrogens is 198 g/mol. The van der Waals surface area contributed by atoms with Crippen LogP contribution in [0.15, 0.2) is 12.4 Å². The molecule has 1 aromatic rings. The molecule has 1 rings (SSSR count). The van der Waals surface area contributed by atoms with Crippen LogP contribution in [0.4, 0.5) is 0 Å². The van der Waals surface area contributed by atoms with Crippen molar-refractivity contribution < 1.29 is 0 Å². The van der Waals surface area contributed by atoms with E-state index >= 15 is 0 Å². The van der Waals surface area contributed by atoms with E-state index in [1.807, 2.05) is 6.20 Å². The third-order valence-electron chi connectivity index (χ3n) is 3.18. The molecule has 3 nitrogen and oxygen atoms in total. The largest absolute Gasteiger partial charge is 0.331 e. The molecule has 1 aromatic heterocycles. The first kappa shape index (κ1) is 13.2. The number of nitrogens with zero attached hydrogens (tertiary/aromatic N) is 2. The van der Waals surface area contributed by atoms with Gasteiger partial charge in [0.05, 0.1) is 0 Å². The highest BCUT2D eigenvalue weighted by atomic mass is 15.1. The van der Waals surface area contributed by atoms with E-state index in [1.165, 1.54) is 12.2 Å². The van der Waals surface area contributed by atoms with Crippen LogP contribution in [-0.2, 0) is 6.42 Å². The number of imidazole rings is 1. The Kier molecular flexibility index (Phi) is 5.53. The lowest BCUT2D eigenvalue weighted by atomic mass is 10.1. The van der Waals surface area contributed by atoms with E-state index in [4.69, 9.17) is 0 Å². The first-order valence-electron chi connectivity index (χ1n) is 6.49. The quantitative estimate of drug-likeness (QED) is 0.770. The Bertz CT molecular complexity index is 293. The van der Waals surface area contributed by atoms with Crippen molar-refractivity contribution >= 4 is 0 Å². The van der Waals surface area contributed by atoms with Crippen LogP contribution in [0.5, 0.6) is 0 Å². The third kappa shape index (κ3) is 3.08. The van der Waals surface area contributed by atoms with Crippen molar-refractivity contribution in [3.8, 4) is 0 Å². The number of nitrogens with one attached hydrogen (secondary N) is 1. The number of aromatic nitrogens is 2. The van der Waals surface area contributed by atoms with E-state index in [0.717, 1.165) is 19.4 Å². The first-order valence-corrected chi connectivity index (χ1v) is 6.49. The summed E-state index contributed by atoms with van der Waals surface area (Å²) >= 11 is 0. The zero-order valence-corrected chi connectivity index (χ0v) is 11.0. The van der Waals surface area contributed by atoms with Gasteiger partial charge in [-0.3, -0.25) is 0 Å². The summed E-state index contributed by atoms with van der Waals surface area (Å²) in [6, 6.07) is 1.02. The average Bonchev–Trinajstić information content (AvgIpc) is 2.77. The van der Waals surface area contributed by atoms with Gasteiger partial charge in [-0.25, -0.2) is 4.98 Å². The van der Waals surface area contributed by atoms with Crippen LogP contribution >= 0.6 is 0 Å². The Morgan fingerprint density at radius 1 is 1.38 bits per heavy atom. The maximum absolute atomic E-state index is 4.39. The summed E-state index contributed by atoms with van der Waals surface area (Å²) < 4.78 is 2.30. The topological polar surface area (TPSA) is 29.9 Å². The Hall–Kier alpha value is -0.830. The minimum atomic E-state index is 0.481. The van der Waals surface area contributed by atoms with E-state index in [-0.39, 0.29) is 0 Å². The molecule has 1 heterocycles. The molecule has 0 aliphatic heterocycles. The number of rotatable bonds is 7. The van der Waals surface area contributed by atoms with Crippen LogP contribution < -0.4 is 5.32 Å². The van der Waals surface area contributed by atoms with Gasteiger partial charge in [-0.1, -0.05) is 20.8 Å². The molecule has 0 aromatic carbocycles. The van der Waals surface area contributed by atoms with Crippen LogP contribution in [0.25, 0.3) is 0 Å². The summed E-state index contributed by atoms with van der Waals surface area (Å²) in [5.74, 6) is 1.18. The lowest BCUT2D eigenvalue weighted by Gasteiger charge is -2.26. The van der Waals surface area contributed by atoms with E-state index in [0.29, 0.717) is 12.1 Å². The fourth-order valence-corrected chi connectivity index (χ4v) is 2.17. The predicted octanol–water partition coefficient (Wildman–Crippen LogP) is 2.78. The smallest absolute Gasteiger partial charge is 0.108 e. The zero-order chi connectivity index (χ0) is 12.0. The van der Waals surface area contributed by atoms with E-state index < -0.39 is 0 Å². The lowest BCUT2D eigenvalue weighted by molar-refractivity contribution is 0.354. The molecule has 0 saturated heterocycles. The second kappa shape index (κ2) is 6.69. The Balaban J connectivity index is 2.70. The summed E-state index contributed by atoms with van der Waals surface area (Å²) in [5.41, 5.74) is 0. The van der Waals surface area contributed by atoms with Crippen molar-refractivity contribution in [1.82, 2.24) is 14.9 Å². The van der Waals surface area contributed by atoms with E-state index in [2.05, 4.69) is 48.8 Å². The van der Waals surface area contributed by atoms with Crippen LogP contribution in [0.2, 0.25) is 0 Å². The molecule has 3 heteroatoms. The molecule has 0 amide bonds. The maximum atomic E-state index is 4.39. The summed E-state index contributed by atoms with van der Waals surface area (Å²) in [4.78, 5) is 4.39. The summed E-state index contributed by atoms with van der Waals surface area (Å²) in [7, 11) is 0. The molecular formula is C13H25N3. The maximum Gasteiger partial charge on any atom is 0.108 e. The fraction of sp³-hybridized carbons (Fsp3) is 0.769. The molecule has 2 unspecified atom stereocenters. The van der Waals surface area contributed by atoms with Gasteiger partial charge in [0.1, 0.15) is 5.82 Å². The van der Waals surface area contributed by atoms with Gasteiger partial charge in [0.15, 0.2) is 0 Å². The minimum Gasteiger partial charge on any atom is -0.331 e.